The molecule has 1 aliphatic heterocycles. The molecule has 0 saturated carbocycles. The van der Waals surface area contributed by atoms with Gasteiger partial charge >= 0.3 is 0 Å². The zero-order chi connectivity index (χ0) is 15.4. The maximum absolute atomic E-state index is 14.2. The molecule has 1 saturated heterocycles. The van der Waals surface area contributed by atoms with Crippen molar-refractivity contribution in [1.29, 1.82) is 0 Å². The fraction of sp³-hybridized carbons (Fsp3) is 0.600. The van der Waals surface area contributed by atoms with Crippen LogP contribution in [0.4, 0.5) is 10.2 Å². The highest BCUT2D eigenvalue weighted by atomic mass is 19.1. The Bertz CT molecular complexity index is 504. The van der Waals surface area contributed by atoms with Crippen molar-refractivity contribution in [3.8, 4) is 0 Å². The summed E-state index contributed by atoms with van der Waals surface area (Å²) >= 11 is 0. The smallest absolute Gasteiger partial charge is 0.257 e. The molecule has 6 heteroatoms. The summed E-state index contributed by atoms with van der Waals surface area (Å²) in [6, 6.07) is 1.82. The number of nitrogens with zero attached hydrogens (tertiary/aromatic N) is 3. The number of likely N-dealkylation sites (N-methyl/N-ethyl adjacent to an activating group) is 1. The number of hydrogen-bond donors (Lipinski definition) is 1. The van der Waals surface area contributed by atoms with E-state index in [0.29, 0.717) is 19.1 Å². The second-order valence-electron chi connectivity index (χ2n) is 5.19. The number of rotatable bonds is 5. The average molecular weight is 294 g/mol. The molecule has 116 valence electrons. The largest absolute Gasteiger partial charge is 0.371 e. The lowest BCUT2D eigenvalue weighted by Gasteiger charge is -2.26. The van der Waals surface area contributed by atoms with Crippen LogP contribution in [0, 0.1) is 5.82 Å². The highest BCUT2D eigenvalue weighted by Crippen LogP contribution is 2.21. The lowest BCUT2D eigenvalue weighted by Crippen LogP contribution is -2.38. The van der Waals surface area contributed by atoms with Gasteiger partial charge in [-0.2, -0.15) is 0 Å². The molecule has 1 aromatic heterocycles. The van der Waals surface area contributed by atoms with Crippen molar-refractivity contribution >= 4 is 11.7 Å². The highest BCUT2D eigenvalue weighted by Gasteiger charge is 2.31. The van der Waals surface area contributed by atoms with Crippen LogP contribution in [0.1, 0.15) is 30.6 Å². The van der Waals surface area contributed by atoms with E-state index in [2.05, 4.69) is 29.0 Å². The van der Waals surface area contributed by atoms with Gasteiger partial charge in [-0.15, -0.1) is 0 Å². The number of amides is 1. The number of carbonyl (C=O) groups is 1. The summed E-state index contributed by atoms with van der Waals surface area (Å²) < 4.78 is 14.2. The van der Waals surface area contributed by atoms with Crippen molar-refractivity contribution in [2.24, 2.45) is 0 Å². The first kappa shape index (κ1) is 15.7. The van der Waals surface area contributed by atoms with Crippen LogP contribution in [0.3, 0.4) is 0 Å². The first-order valence-electron chi connectivity index (χ1n) is 7.47. The molecule has 0 radical (unpaired) electrons. The van der Waals surface area contributed by atoms with E-state index < -0.39 is 5.82 Å². The molecule has 0 bridgehead atoms. The van der Waals surface area contributed by atoms with E-state index in [0.717, 1.165) is 19.5 Å². The van der Waals surface area contributed by atoms with Crippen LogP contribution in [-0.4, -0.2) is 60.0 Å². The molecule has 1 atom stereocenters. The van der Waals surface area contributed by atoms with Gasteiger partial charge in [0.1, 0.15) is 0 Å². The Morgan fingerprint density at radius 3 is 2.86 bits per heavy atom. The lowest BCUT2D eigenvalue weighted by molar-refractivity contribution is 0.0773. The molecule has 2 heterocycles. The van der Waals surface area contributed by atoms with Crippen molar-refractivity contribution in [2.75, 3.05) is 38.5 Å². The van der Waals surface area contributed by atoms with Crippen molar-refractivity contribution in [3.63, 3.8) is 0 Å². The number of likely N-dealkylation sites (tertiary alicyclic amines) is 1. The molecule has 1 N–H and O–H groups in total. The minimum absolute atomic E-state index is 0.0922. The normalized spacial score (nSPS) is 18.3. The topological polar surface area (TPSA) is 48.5 Å². The predicted octanol–water partition coefficient (Wildman–Crippen LogP) is 1.82. The van der Waals surface area contributed by atoms with Gasteiger partial charge in [0.2, 0.25) is 0 Å². The van der Waals surface area contributed by atoms with Crippen LogP contribution in [0.5, 0.6) is 0 Å². The number of carbonyl (C=O) groups excluding carboxylic acids is 1. The Hall–Kier alpha value is -1.69. The first-order valence-corrected chi connectivity index (χ1v) is 7.47. The molecule has 1 fully saturated rings. The third kappa shape index (κ3) is 3.15. The molecule has 5 nitrogen and oxygen atoms in total. The van der Waals surface area contributed by atoms with Gasteiger partial charge in [0.05, 0.1) is 5.56 Å². The summed E-state index contributed by atoms with van der Waals surface area (Å²) in [5, 5.41) is 2.66. The molecular formula is C15H23FN4O. The molecule has 0 aliphatic carbocycles. The summed E-state index contributed by atoms with van der Waals surface area (Å²) in [5.74, 6) is -0.710. The SMILES string of the molecule is CCN(CC)C1CCN(C(=O)c2ccnc(NC)c2F)C1. The molecule has 0 aromatic carbocycles. The minimum Gasteiger partial charge on any atom is -0.371 e. The zero-order valence-corrected chi connectivity index (χ0v) is 12.9. The number of nitrogens with one attached hydrogen (secondary N) is 1. The zero-order valence-electron chi connectivity index (χ0n) is 12.9. The van der Waals surface area contributed by atoms with Gasteiger partial charge in [-0.05, 0) is 25.6 Å². The van der Waals surface area contributed by atoms with Crippen molar-refractivity contribution < 1.29 is 9.18 Å². The van der Waals surface area contributed by atoms with Crippen LogP contribution in [-0.2, 0) is 0 Å². The molecule has 1 unspecified atom stereocenters. The molecule has 1 aliphatic rings. The van der Waals surface area contributed by atoms with Crippen LogP contribution in [0.2, 0.25) is 0 Å². The maximum atomic E-state index is 14.2. The van der Waals surface area contributed by atoms with Gasteiger partial charge in [-0.25, -0.2) is 9.37 Å². The number of pyridine rings is 1. The second kappa shape index (κ2) is 6.85. The Labute approximate surface area is 125 Å². The molecular weight excluding hydrogens is 271 g/mol. The van der Waals surface area contributed by atoms with Gasteiger partial charge in [-0.3, -0.25) is 9.69 Å². The quantitative estimate of drug-likeness (QED) is 0.900. The van der Waals surface area contributed by atoms with Gasteiger partial charge in [0.15, 0.2) is 11.6 Å². The first-order chi connectivity index (χ1) is 10.1. The van der Waals surface area contributed by atoms with E-state index in [1.165, 1.54) is 12.3 Å². The second-order valence-corrected chi connectivity index (χ2v) is 5.19. The number of aromatic nitrogens is 1. The van der Waals surface area contributed by atoms with Crippen molar-refractivity contribution in [2.45, 2.75) is 26.3 Å². The van der Waals surface area contributed by atoms with E-state index in [4.69, 9.17) is 0 Å². The van der Waals surface area contributed by atoms with Gasteiger partial charge in [0.25, 0.3) is 5.91 Å². The Morgan fingerprint density at radius 2 is 2.24 bits per heavy atom. The molecule has 0 spiro atoms. The molecule has 2 rings (SSSR count). The summed E-state index contributed by atoms with van der Waals surface area (Å²) in [6.45, 7) is 7.52. The lowest BCUT2D eigenvalue weighted by atomic mass is 10.2. The monoisotopic (exact) mass is 294 g/mol. The van der Waals surface area contributed by atoms with E-state index in [-0.39, 0.29) is 17.3 Å². The van der Waals surface area contributed by atoms with E-state index in [1.807, 2.05) is 0 Å². The average Bonchev–Trinajstić information content (AvgIpc) is 2.98. The van der Waals surface area contributed by atoms with Gasteiger partial charge < -0.3 is 10.2 Å². The summed E-state index contributed by atoms with van der Waals surface area (Å²) in [6.07, 6.45) is 2.40. The highest BCUT2D eigenvalue weighted by molar-refractivity contribution is 5.95. The third-order valence-electron chi connectivity index (χ3n) is 4.14. The van der Waals surface area contributed by atoms with Crippen LogP contribution < -0.4 is 5.32 Å². The van der Waals surface area contributed by atoms with E-state index in [9.17, 15) is 9.18 Å². The number of hydrogen-bond acceptors (Lipinski definition) is 4. The molecule has 1 aromatic rings. The Morgan fingerprint density at radius 1 is 1.52 bits per heavy atom. The van der Waals surface area contributed by atoms with Crippen LogP contribution >= 0.6 is 0 Å². The summed E-state index contributed by atoms with van der Waals surface area (Å²) in [7, 11) is 1.59. The standard InChI is InChI=1S/C15H23FN4O/c1-4-19(5-2)11-7-9-20(10-11)15(21)12-6-8-18-14(17-3)13(12)16/h6,8,11H,4-5,7,9-10H2,1-3H3,(H,17,18). The summed E-state index contributed by atoms with van der Waals surface area (Å²) in [5.41, 5.74) is 0.0922. The predicted molar refractivity (Wildman–Crippen MR) is 81.0 cm³/mol. The molecule has 1 amide bonds. The number of halogens is 1. The van der Waals surface area contributed by atoms with Crippen molar-refractivity contribution in [3.05, 3.63) is 23.6 Å². The fourth-order valence-corrected chi connectivity index (χ4v) is 2.92. The van der Waals surface area contributed by atoms with Crippen LogP contribution in [0.15, 0.2) is 12.3 Å². The van der Waals surface area contributed by atoms with Crippen LogP contribution in [0.25, 0.3) is 0 Å². The van der Waals surface area contributed by atoms with Gasteiger partial charge in [0, 0.05) is 32.4 Å². The van der Waals surface area contributed by atoms with E-state index in [1.54, 1.807) is 11.9 Å². The van der Waals surface area contributed by atoms with Crippen molar-refractivity contribution in [1.82, 2.24) is 14.8 Å². The summed E-state index contributed by atoms with van der Waals surface area (Å²) in [4.78, 5) is 20.4. The Kier molecular flexibility index (Phi) is 5.12. The maximum Gasteiger partial charge on any atom is 0.257 e. The van der Waals surface area contributed by atoms with Gasteiger partial charge in [-0.1, -0.05) is 13.8 Å². The number of anilines is 1. The van der Waals surface area contributed by atoms with E-state index >= 15 is 0 Å². The third-order valence-corrected chi connectivity index (χ3v) is 4.14. The fourth-order valence-electron chi connectivity index (χ4n) is 2.92. The minimum atomic E-state index is -0.573. The Balaban J connectivity index is 2.12. The molecule has 21 heavy (non-hydrogen) atoms.